The lowest BCUT2D eigenvalue weighted by Gasteiger charge is -2.39. The number of carbonyl (C=O) groups is 2. The van der Waals surface area contributed by atoms with E-state index in [0.29, 0.717) is 18.4 Å². The number of carbonyl (C=O) groups excluding carboxylic acids is 1. The number of amides is 1. The molecule has 4 nitrogen and oxygen atoms in total. The average molecular weight is 293 g/mol. The minimum atomic E-state index is -0.895. The molecule has 2 N–H and O–H groups in total. The molecule has 0 heterocycles. The van der Waals surface area contributed by atoms with Crippen molar-refractivity contribution in [1.29, 1.82) is 0 Å². The summed E-state index contributed by atoms with van der Waals surface area (Å²) >= 11 is 0. The molecule has 2 rings (SSSR count). The van der Waals surface area contributed by atoms with Crippen molar-refractivity contribution < 1.29 is 19.1 Å². The van der Waals surface area contributed by atoms with Gasteiger partial charge in [0.15, 0.2) is 0 Å². The monoisotopic (exact) mass is 293 g/mol. The van der Waals surface area contributed by atoms with Crippen molar-refractivity contribution in [2.45, 2.75) is 45.1 Å². The molecule has 21 heavy (non-hydrogen) atoms. The maximum Gasteiger partial charge on any atom is 0.308 e. The van der Waals surface area contributed by atoms with E-state index in [4.69, 9.17) is 0 Å². The van der Waals surface area contributed by atoms with E-state index in [0.717, 1.165) is 12.8 Å². The lowest BCUT2D eigenvalue weighted by Crippen LogP contribution is -2.55. The molecule has 1 saturated carbocycles. The fourth-order valence-corrected chi connectivity index (χ4v) is 3.08. The molecule has 114 valence electrons. The Hall–Kier alpha value is -1.91. The van der Waals surface area contributed by atoms with Crippen LogP contribution >= 0.6 is 0 Å². The first kappa shape index (κ1) is 15.5. The van der Waals surface area contributed by atoms with Crippen molar-refractivity contribution in [2.75, 3.05) is 0 Å². The number of halogens is 1. The Balaban J connectivity index is 2.22. The van der Waals surface area contributed by atoms with Gasteiger partial charge in [-0.25, -0.2) is 4.39 Å². The van der Waals surface area contributed by atoms with E-state index >= 15 is 0 Å². The van der Waals surface area contributed by atoms with Crippen LogP contribution < -0.4 is 5.32 Å². The number of hydrogen-bond donors (Lipinski definition) is 2. The van der Waals surface area contributed by atoms with Crippen LogP contribution in [0, 0.1) is 18.7 Å². The van der Waals surface area contributed by atoms with Crippen LogP contribution in [-0.4, -0.2) is 22.5 Å². The first-order valence-electron chi connectivity index (χ1n) is 7.14. The van der Waals surface area contributed by atoms with E-state index in [1.54, 1.807) is 19.9 Å². The molecule has 1 aromatic rings. The summed E-state index contributed by atoms with van der Waals surface area (Å²) < 4.78 is 13.4. The predicted molar refractivity (Wildman–Crippen MR) is 76.6 cm³/mol. The Morgan fingerprint density at radius 2 is 2.05 bits per heavy atom. The summed E-state index contributed by atoms with van der Waals surface area (Å²) in [4.78, 5) is 23.7. The van der Waals surface area contributed by atoms with Crippen molar-refractivity contribution in [2.24, 2.45) is 5.92 Å². The predicted octanol–water partition coefficient (Wildman–Crippen LogP) is 2.90. The second-order valence-electron chi connectivity index (χ2n) is 6.03. The van der Waals surface area contributed by atoms with Gasteiger partial charge in [-0.15, -0.1) is 0 Å². The van der Waals surface area contributed by atoms with Gasteiger partial charge in [0.25, 0.3) is 5.91 Å². The Labute approximate surface area is 123 Å². The first-order chi connectivity index (χ1) is 9.82. The molecule has 2 unspecified atom stereocenters. The molecule has 1 aliphatic rings. The molecule has 1 amide bonds. The number of aryl methyl sites for hydroxylation is 1. The third-order valence-electron chi connectivity index (χ3n) is 4.21. The fraction of sp³-hybridized carbons (Fsp3) is 0.500. The van der Waals surface area contributed by atoms with Gasteiger partial charge in [0, 0.05) is 5.56 Å². The quantitative estimate of drug-likeness (QED) is 0.900. The zero-order valence-electron chi connectivity index (χ0n) is 12.3. The zero-order chi connectivity index (χ0) is 15.6. The fourth-order valence-electron chi connectivity index (χ4n) is 3.08. The Kier molecular flexibility index (Phi) is 4.30. The Morgan fingerprint density at radius 3 is 2.67 bits per heavy atom. The molecule has 0 saturated heterocycles. The van der Waals surface area contributed by atoms with Crippen LogP contribution in [0.1, 0.15) is 48.5 Å². The van der Waals surface area contributed by atoms with Crippen LogP contribution in [0.2, 0.25) is 0 Å². The maximum absolute atomic E-state index is 13.4. The van der Waals surface area contributed by atoms with Gasteiger partial charge in [-0.3, -0.25) is 9.59 Å². The number of carboxylic acid groups (broad SMARTS) is 1. The number of aliphatic carboxylic acids is 1. The van der Waals surface area contributed by atoms with E-state index in [9.17, 15) is 19.1 Å². The van der Waals surface area contributed by atoms with E-state index in [2.05, 4.69) is 5.32 Å². The molecule has 0 bridgehead atoms. The van der Waals surface area contributed by atoms with Gasteiger partial charge in [-0.1, -0.05) is 12.8 Å². The molecule has 1 aliphatic carbocycles. The minimum absolute atomic E-state index is 0.225. The number of rotatable bonds is 3. The largest absolute Gasteiger partial charge is 0.481 e. The van der Waals surface area contributed by atoms with Crippen LogP contribution in [0.3, 0.4) is 0 Å². The molecule has 2 atom stereocenters. The van der Waals surface area contributed by atoms with Gasteiger partial charge < -0.3 is 10.4 Å². The van der Waals surface area contributed by atoms with Crippen molar-refractivity contribution >= 4 is 11.9 Å². The maximum atomic E-state index is 13.4. The first-order valence-corrected chi connectivity index (χ1v) is 7.14. The third-order valence-corrected chi connectivity index (χ3v) is 4.21. The van der Waals surface area contributed by atoms with Gasteiger partial charge >= 0.3 is 5.97 Å². The highest BCUT2D eigenvalue weighted by atomic mass is 19.1. The lowest BCUT2D eigenvalue weighted by atomic mass is 9.73. The molecule has 0 aliphatic heterocycles. The number of hydrogen-bond acceptors (Lipinski definition) is 2. The highest BCUT2D eigenvalue weighted by molar-refractivity contribution is 5.95. The number of nitrogens with one attached hydrogen (secondary N) is 1. The second kappa shape index (κ2) is 5.84. The van der Waals surface area contributed by atoms with Crippen molar-refractivity contribution in [1.82, 2.24) is 5.32 Å². The Morgan fingerprint density at radius 1 is 1.33 bits per heavy atom. The van der Waals surface area contributed by atoms with Crippen LogP contribution in [0.25, 0.3) is 0 Å². The highest BCUT2D eigenvalue weighted by Gasteiger charge is 2.42. The summed E-state index contributed by atoms with van der Waals surface area (Å²) in [7, 11) is 0. The van der Waals surface area contributed by atoms with Gasteiger partial charge in [0.2, 0.25) is 0 Å². The average Bonchev–Trinajstić information content (AvgIpc) is 2.37. The Bertz CT molecular complexity index is 552. The molecular weight excluding hydrogens is 273 g/mol. The van der Waals surface area contributed by atoms with Crippen LogP contribution in [0.15, 0.2) is 18.2 Å². The zero-order valence-corrected chi connectivity index (χ0v) is 12.3. The van der Waals surface area contributed by atoms with E-state index in [1.165, 1.54) is 12.1 Å². The standard InChI is InChI=1S/C16H20FNO3/c1-10-7-11(9-12(17)8-10)14(19)18-16(2)6-4-3-5-13(16)15(20)21/h7-9,13H,3-6H2,1-2H3,(H,18,19)(H,20,21). The second-order valence-corrected chi connectivity index (χ2v) is 6.03. The summed E-state index contributed by atoms with van der Waals surface area (Å²) in [5.41, 5.74) is 0.0913. The molecule has 0 spiro atoms. The highest BCUT2D eigenvalue weighted by Crippen LogP contribution is 2.34. The summed E-state index contributed by atoms with van der Waals surface area (Å²) in [6.45, 7) is 3.47. The lowest BCUT2D eigenvalue weighted by molar-refractivity contribution is -0.145. The van der Waals surface area contributed by atoms with E-state index < -0.39 is 29.2 Å². The molecule has 1 fully saturated rings. The van der Waals surface area contributed by atoms with Gasteiger partial charge in [-0.2, -0.15) is 0 Å². The van der Waals surface area contributed by atoms with E-state index in [1.807, 2.05) is 0 Å². The van der Waals surface area contributed by atoms with Crippen LogP contribution in [-0.2, 0) is 4.79 Å². The molecular formula is C16H20FNO3. The van der Waals surface area contributed by atoms with E-state index in [-0.39, 0.29) is 5.56 Å². The summed E-state index contributed by atoms with van der Waals surface area (Å²) in [5, 5.41) is 12.1. The minimum Gasteiger partial charge on any atom is -0.481 e. The molecule has 0 radical (unpaired) electrons. The normalized spacial score (nSPS) is 25.4. The SMILES string of the molecule is Cc1cc(F)cc(C(=O)NC2(C)CCCCC2C(=O)O)c1. The topological polar surface area (TPSA) is 66.4 Å². The summed E-state index contributed by atoms with van der Waals surface area (Å²) in [5.74, 6) is -2.39. The number of benzene rings is 1. The smallest absolute Gasteiger partial charge is 0.308 e. The summed E-state index contributed by atoms with van der Waals surface area (Å²) in [6, 6.07) is 4.11. The van der Waals surface area contributed by atoms with Crippen molar-refractivity contribution in [3.05, 3.63) is 35.1 Å². The summed E-state index contributed by atoms with van der Waals surface area (Å²) in [6.07, 6.45) is 2.89. The van der Waals surface area contributed by atoms with Crippen molar-refractivity contribution in [3.63, 3.8) is 0 Å². The molecule has 5 heteroatoms. The molecule has 0 aromatic heterocycles. The van der Waals surface area contributed by atoms with Gasteiger partial charge in [0.05, 0.1) is 11.5 Å². The van der Waals surface area contributed by atoms with Crippen LogP contribution in [0.5, 0.6) is 0 Å². The number of carboxylic acids is 1. The van der Waals surface area contributed by atoms with Crippen molar-refractivity contribution in [3.8, 4) is 0 Å². The third kappa shape index (κ3) is 3.40. The van der Waals surface area contributed by atoms with Gasteiger partial charge in [0.1, 0.15) is 5.82 Å². The van der Waals surface area contributed by atoms with Crippen LogP contribution in [0.4, 0.5) is 4.39 Å². The molecule has 1 aromatic carbocycles. The van der Waals surface area contributed by atoms with Gasteiger partial charge in [-0.05, 0) is 50.5 Å².